The van der Waals surface area contributed by atoms with E-state index < -0.39 is 11.9 Å². The molecule has 0 radical (unpaired) electrons. The van der Waals surface area contributed by atoms with Gasteiger partial charge in [0.1, 0.15) is 13.2 Å². The highest BCUT2D eigenvalue weighted by atomic mass is 16.6. The number of hydrogen-bond donors (Lipinski definition) is 0. The summed E-state index contributed by atoms with van der Waals surface area (Å²) < 4.78 is 18.5. The zero-order valence-corrected chi connectivity index (χ0v) is 19.8. The van der Waals surface area contributed by atoms with Gasteiger partial charge in [-0.25, -0.2) is 19.2 Å². The lowest BCUT2D eigenvalue weighted by atomic mass is 10.2. The molecule has 0 saturated carbocycles. The summed E-state index contributed by atoms with van der Waals surface area (Å²) >= 11 is 0. The van der Waals surface area contributed by atoms with Gasteiger partial charge in [-0.15, -0.1) is 0 Å². The Morgan fingerprint density at radius 1 is 0.613 bits per heavy atom. The molecule has 0 aliphatic carbocycles. The number of rotatable bonds is 9. The minimum absolute atomic E-state index is 0.0325. The second kappa shape index (κ2) is 18.8. The number of methoxy groups -OCH3 is 1. The molecule has 0 amide bonds. The summed E-state index contributed by atoms with van der Waals surface area (Å²) in [5, 5.41) is 0. The van der Waals surface area contributed by atoms with Gasteiger partial charge in [-0.1, -0.05) is 40.2 Å². The van der Waals surface area contributed by atoms with E-state index in [-0.39, 0.29) is 25.2 Å². The van der Waals surface area contributed by atoms with Crippen molar-refractivity contribution in [3.05, 3.63) is 48.6 Å². The first-order valence-corrected chi connectivity index (χ1v) is 9.38. The highest BCUT2D eigenvalue weighted by molar-refractivity contribution is 5.88. The molecule has 0 spiro atoms. The molecule has 0 aromatic heterocycles. The largest absolute Gasteiger partial charge is 0.466 e. The van der Waals surface area contributed by atoms with Crippen molar-refractivity contribution >= 4 is 23.9 Å². The maximum atomic E-state index is 10.8. The number of hydrogen-bond acceptors (Lipinski definition) is 8. The average molecular weight is 441 g/mol. The van der Waals surface area contributed by atoms with E-state index in [1.54, 1.807) is 27.7 Å². The minimum atomic E-state index is -0.489. The molecule has 0 saturated heterocycles. The van der Waals surface area contributed by atoms with E-state index in [4.69, 9.17) is 4.74 Å². The van der Waals surface area contributed by atoms with Gasteiger partial charge < -0.3 is 18.9 Å². The van der Waals surface area contributed by atoms with Crippen molar-refractivity contribution in [2.75, 3.05) is 26.9 Å². The van der Waals surface area contributed by atoms with Crippen LogP contribution in [0, 0.1) is 5.92 Å². The van der Waals surface area contributed by atoms with Crippen LogP contribution in [0.2, 0.25) is 0 Å². The first kappa shape index (κ1) is 32.5. The normalized spacial score (nSPS) is 8.90. The van der Waals surface area contributed by atoms with E-state index in [1.165, 1.54) is 7.11 Å². The number of carbonyl (C=O) groups excluding carboxylic acids is 4. The highest BCUT2D eigenvalue weighted by Crippen LogP contribution is 1.97. The smallest absolute Gasteiger partial charge is 0.333 e. The van der Waals surface area contributed by atoms with Crippen molar-refractivity contribution in [2.45, 2.75) is 41.5 Å². The van der Waals surface area contributed by atoms with Gasteiger partial charge in [0.15, 0.2) is 0 Å². The Bertz CT molecular complexity index is 643. The predicted octanol–water partition coefficient (Wildman–Crippen LogP) is 3.72. The Kier molecular flexibility index (Phi) is 19.8. The molecule has 8 heteroatoms. The molecule has 0 N–H and O–H groups in total. The summed E-state index contributed by atoms with van der Waals surface area (Å²) in [6, 6.07) is 0. The molecule has 31 heavy (non-hydrogen) atoms. The van der Waals surface area contributed by atoms with Crippen molar-refractivity contribution in [1.29, 1.82) is 0 Å². The standard InChI is InChI=1S/C10H14O4.C8H14O2.C5H8O2/c1-7(2)9(11)13-5-6-14-10(12)8(3)4;1-6(2)5-10-8(9)7(3)4;1-4(2)5(6)7-3/h1,3,5-6H2,2,4H3;6H,3,5H2,1-2,4H3;1H2,2-3H3. The fourth-order valence-corrected chi connectivity index (χ4v) is 1.05. The van der Waals surface area contributed by atoms with Gasteiger partial charge >= 0.3 is 23.9 Å². The van der Waals surface area contributed by atoms with Crippen molar-refractivity contribution in [3.8, 4) is 0 Å². The quantitative estimate of drug-likeness (QED) is 0.231. The Morgan fingerprint density at radius 3 is 1.10 bits per heavy atom. The van der Waals surface area contributed by atoms with Gasteiger partial charge in [0.05, 0.1) is 13.7 Å². The lowest BCUT2D eigenvalue weighted by Gasteiger charge is -2.05. The second-order valence-corrected chi connectivity index (χ2v) is 6.88. The maximum absolute atomic E-state index is 10.8. The molecule has 0 aliphatic rings. The molecular weight excluding hydrogens is 404 g/mol. The van der Waals surface area contributed by atoms with E-state index in [9.17, 15) is 19.2 Å². The molecule has 0 fully saturated rings. The third-order valence-electron chi connectivity index (χ3n) is 2.68. The molecule has 0 atom stereocenters. The van der Waals surface area contributed by atoms with Gasteiger partial charge in [-0.3, -0.25) is 0 Å². The zero-order chi connectivity index (χ0) is 25.1. The molecular formula is C23H36O8. The summed E-state index contributed by atoms with van der Waals surface area (Å²) in [4.78, 5) is 42.6. The van der Waals surface area contributed by atoms with Crippen LogP contribution in [-0.2, 0) is 38.1 Å². The van der Waals surface area contributed by atoms with Crippen molar-refractivity contribution in [3.63, 3.8) is 0 Å². The van der Waals surface area contributed by atoms with Crippen LogP contribution in [0.1, 0.15) is 41.5 Å². The van der Waals surface area contributed by atoms with Crippen molar-refractivity contribution in [2.24, 2.45) is 5.92 Å². The fourth-order valence-electron chi connectivity index (χ4n) is 1.05. The summed E-state index contributed by atoms with van der Waals surface area (Å²) in [5.74, 6) is -1.23. The SMILES string of the molecule is C=C(C)C(=O)OC.C=C(C)C(=O)OCC(C)C.C=C(C)C(=O)OCCOC(=O)C(=C)C. The number of esters is 4. The van der Waals surface area contributed by atoms with Gasteiger partial charge in [-0.05, 0) is 33.6 Å². The second-order valence-electron chi connectivity index (χ2n) is 6.88. The summed E-state index contributed by atoms with van der Waals surface area (Å²) in [7, 11) is 1.33. The first-order valence-electron chi connectivity index (χ1n) is 9.38. The fraction of sp³-hybridized carbons (Fsp3) is 0.478. The molecule has 0 heterocycles. The summed E-state index contributed by atoms with van der Waals surface area (Å²) in [5.41, 5.74) is 1.52. The first-order chi connectivity index (χ1) is 14.2. The van der Waals surface area contributed by atoms with Crippen LogP contribution in [-0.4, -0.2) is 50.8 Å². The average Bonchev–Trinajstić information content (AvgIpc) is 2.68. The van der Waals surface area contributed by atoms with E-state index in [0.29, 0.717) is 34.8 Å². The van der Waals surface area contributed by atoms with E-state index in [2.05, 4.69) is 40.5 Å². The van der Waals surface area contributed by atoms with Crippen LogP contribution in [0.15, 0.2) is 48.6 Å². The van der Waals surface area contributed by atoms with Crippen molar-refractivity contribution < 1.29 is 38.1 Å². The van der Waals surface area contributed by atoms with Crippen LogP contribution in [0.3, 0.4) is 0 Å². The van der Waals surface area contributed by atoms with Gasteiger partial charge in [0, 0.05) is 22.3 Å². The van der Waals surface area contributed by atoms with Crippen LogP contribution in [0.25, 0.3) is 0 Å². The molecule has 0 bridgehead atoms. The molecule has 0 aliphatic heterocycles. The Balaban J connectivity index is -0.000000404. The monoisotopic (exact) mass is 440 g/mol. The summed E-state index contributed by atoms with van der Waals surface area (Å²) in [6.45, 7) is 24.5. The molecule has 0 unspecified atom stereocenters. The lowest BCUT2D eigenvalue weighted by molar-refractivity contribution is -0.147. The Morgan fingerprint density at radius 2 is 0.903 bits per heavy atom. The van der Waals surface area contributed by atoms with Crippen molar-refractivity contribution in [1.82, 2.24) is 0 Å². The van der Waals surface area contributed by atoms with Crippen LogP contribution in [0.4, 0.5) is 0 Å². The lowest BCUT2D eigenvalue weighted by Crippen LogP contribution is -2.14. The van der Waals surface area contributed by atoms with Crippen LogP contribution in [0.5, 0.6) is 0 Å². The third kappa shape index (κ3) is 23.0. The number of carbonyl (C=O) groups is 4. The third-order valence-corrected chi connectivity index (χ3v) is 2.68. The Labute approximate surface area is 185 Å². The molecule has 0 aromatic carbocycles. The maximum Gasteiger partial charge on any atom is 0.333 e. The van der Waals surface area contributed by atoms with Gasteiger partial charge in [0.25, 0.3) is 0 Å². The number of ether oxygens (including phenoxy) is 4. The van der Waals surface area contributed by atoms with E-state index >= 15 is 0 Å². The van der Waals surface area contributed by atoms with Crippen LogP contribution < -0.4 is 0 Å². The molecule has 176 valence electrons. The predicted molar refractivity (Wildman–Crippen MR) is 119 cm³/mol. The zero-order valence-electron chi connectivity index (χ0n) is 19.8. The van der Waals surface area contributed by atoms with Crippen LogP contribution >= 0.6 is 0 Å². The topological polar surface area (TPSA) is 105 Å². The van der Waals surface area contributed by atoms with E-state index in [1.807, 2.05) is 13.8 Å². The van der Waals surface area contributed by atoms with Gasteiger partial charge in [0.2, 0.25) is 0 Å². The molecule has 8 nitrogen and oxygen atoms in total. The minimum Gasteiger partial charge on any atom is -0.466 e. The summed E-state index contributed by atoms with van der Waals surface area (Å²) in [6.07, 6.45) is 0. The highest BCUT2D eigenvalue weighted by Gasteiger charge is 2.05. The van der Waals surface area contributed by atoms with Gasteiger partial charge in [-0.2, -0.15) is 0 Å². The Hall–Kier alpha value is -3.16. The molecule has 0 aromatic rings. The van der Waals surface area contributed by atoms with E-state index in [0.717, 1.165) is 0 Å². The molecule has 0 rings (SSSR count).